The first-order chi connectivity index (χ1) is 14.7. The van der Waals surface area contributed by atoms with Crippen molar-refractivity contribution in [1.82, 2.24) is 0 Å². The summed E-state index contributed by atoms with van der Waals surface area (Å²) in [5, 5.41) is 11.7. The van der Waals surface area contributed by atoms with Crippen LogP contribution in [0.5, 0.6) is 0 Å². The number of allylic oxidation sites excluding steroid dienone is 2. The smallest absolute Gasteiger partial charge is 0.138 e. The maximum atomic E-state index is 12.8. The first-order valence-corrected chi connectivity index (χ1v) is 13.6. The van der Waals surface area contributed by atoms with Crippen LogP contribution in [-0.4, -0.2) is 16.5 Å². The van der Waals surface area contributed by atoms with Gasteiger partial charge >= 0.3 is 0 Å². The molecule has 4 rings (SSSR count). The molecular formula is C30H50O2. The molecule has 182 valence electrons. The zero-order valence-electron chi connectivity index (χ0n) is 22.3. The Bertz CT molecular complexity index is 787. The van der Waals surface area contributed by atoms with Crippen LogP contribution < -0.4 is 0 Å². The molecule has 1 N–H and O–H groups in total. The van der Waals surface area contributed by atoms with E-state index in [0.29, 0.717) is 28.4 Å². The van der Waals surface area contributed by atoms with Crippen molar-refractivity contribution in [3.8, 4) is 0 Å². The van der Waals surface area contributed by atoms with E-state index in [-0.39, 0.29) is 10.8 Å². The fourth-order valence-electron chi connectivity index (χ4n) is 10.1. The molecule has 0 bridgehead atoms. The number of Topliss-reactive ketones (excluding diaryl/α,β-unsaturated/α-hetero) is 1. The number of ketones is 1. The highest BCUT2D eigenvalue weighted by molar-refractivity contribution is 5.85. The summed E-state index contributed by atoms with van der Waals surface area (Å²) in [5.74, 6) is 2.90. The van der Waals surface area contributed by atoms with E-state index in [0.717, 1.165) is 37.5 Å². The monoisotopic (exact) mass is 442 g/mol. The van der Waals surface area contributed by atoms with Crippen LogP contribution in [0, 0.1) is 45.3 Å². The Morgan fingerprint density at radius 3 is 2.28 bits per heavy atom. The molecule has 4 fully saturated rings. The molecule has 2 nitrogen and oxygen atoms in total. The molecule has 8 atom stereocenters. The molecule has 0 aromatic heterocycles. The number of rotatable bonds is 4. The third-order valence-electron chi connectivity index (χ3n) is 12.1. The van der Waals surface area contributed by atoms with Crippen LogP contribution in [0.25, 0.3) is 0 Å². The summed E-state index contributed by atoms with van der Waals surface area (Å²) in [6.07, 6.45) is 13.5. The van der Waals surface area contributed by atoms with Gasteiger partial charge in [0.2, 0.25) is 0 Å². The van der Waals surface area contributed by atoms with Crippen molar-refractivity contribution in [1.29, 1.82) is 0 Å². The fraction of sp³-hybridized carbons (Fsp3) is 0.900. The number of hydrogen-bond acceptors (Lipinski definition) is 2. The van der Waals surface area contributed by atoms with Crippen LogP contribution in [0.2, 0.25) is 0 Å². The molecule has 0 saturated heterocycles. The maximum absolute atomic E-state index is 12.8. The minimum atomic E-state index is -0.592. The van der Waals surface area contributed by atoms with E-state index in [2.05, 4.69) is 61.5 Å². The summed E-state index contributed by atoms with van der Waals surface area (Å²) in [7, 11) is 0. The largest absolute Gasteiger partial charge is 0.390 e. The molecule has 0 aliphatic heterocycles. The number of hydrogen-bond donors (Lipinski definition) is 1. The Labute approximate surface area is 198 Å². The molecule has 2 heteroatoms. The quantitative estimate of drug-likeness (QED) is 0.452. The SMILES string of the molecule is CC(C)=CCC[C@](C)(O)[C@@H]1CC[C@]2(C)C3CC[C@H]4C(C)(C)C(=O)CC[C@]4(C)[C@H]3CC[C@@]12C. The van der Waals surface area contributed by atoms with Crippen molar-refractivity contribution >= 4 is 5.78 Å². The summed E-state index contributed by atoms with van der Waals surface area (Å²) in [6, 6.07) is 0. The molecule has 0 spiro atoms. The van der Waals surface area contributed by atoms with E-state index in [1.807, 2.05) is 0 Å². The van der Waals surface area contributed by atoms with Crippen LogP contribution in [0.1, 0.15) is 120 Å². The highest BCUT2D eigenvalue weighted by Gasteiger charge is 2.68. The molecule has 32 heavy (non-hydrogen) atoms. The molecule has 0 heterocycles. The number of aliphatic hydroxyl groups is 1. The van der Waals surface area contributed by atoms with Gasteiger partial charge in [0.1, 0.15) is 5.78 Å². The Morgan fingerprint density at radius 2 is 1.62 bits per heavy atom. The van der Waals surface area contributed by atoms with Gasteiger partial charge in [-0.05, 0) is 118 Å². The van der Waals surface area contributed by atoms with Crippen LogP contribution in [-0.2, 0) is 4.79 Å². The average Bonchev–Trinajstić information content (AvgIpc) is 2.97. The molecule has 1 unspecified atom stereocenters. The third-order valence-corrected chi connectivity index (χ3v) is 12.1. The predicted molar refractivity (Wildman–Crippen MR) is 133 cm³/mol. The summed E-state index contributed by atoms with van der Waals surface area (Å²) in [5.41, 5.74) is 1.42. The van der Waals surface area contributed by atoms with Gasteiger partial charge in [-0.3, -0.25) is 4.79 Å². The molecule has 0 radical (unpaired) electrons. The lowest BCUT2D eigenvalue weighted by Crippen LogP contribution is -2.61. The second-order valence-corrected chi connectivity index (χ2v) is 14.1. The summed E-state index contributed by atoms with van der Waals surface area (Å²) >= 11 is 0. The molecular weight excluding hydrogens is 392 g/mol. The van der Waals surface area contributed by atoms with Gasteiger partial charge in [0.15, 0.2) is 0 Å². The highest BCUT2D eigenvalue weighted by atomic mass is 16.3. The first-order valence-electron chi connectivity index (χ1n) is 13.6. The van der Waals surface area contributed by atoms with Gasteiger partial charge in [0.05, 0.1) is 5.60 Å². The van der Waals surface area contributed by atoms with E-state index >= 15 is 0 Å². The average molecular weight is 443 g/mol. The fourth-order valence-corrected chi connectivity index (χ4v) is 10.1. The Balaban J connectivity index is 1.62. The predicted octanol–water partition coefficient (Wildman–Crippen LogP) is 7.74. The second-order valence-electron chi connectivity index (χ2n) is 14.1. The van der Waals surface area contributed by atoms with Crippen molar-refractivity contribution in [2.24, 2.45) is 45.3 Å². The van der Waals surface area contributed by atoms with Crippen molar-refractivity contribution in [2.75, 3.05) is 0 Å². The first kappa shape index (κ1) is 24.5. The van der Waals surface area contributed by atoms with Gasteiger partial charge in [-0.1, -0.05) is 46.3 Å². The van der Waals surface area contributed by atoms with Crippen molar-refractivity contribution < 1.29 is 9.90 Å². The number of carbonyl (C=O) groups is 1. The topological polar surface area (TPSA) is 37.3 Å². The van der Waals surface area contributed by atoms with E-state index < -0.39 is 5.60 Å². The molecule has 0 aromatic carbocycles. The molecule has 4 saturated carbocycles. The van der Waals surface area contributed by atoms with E-state index in [1.165, 1.54) is 44.1 Å². The Hall–Kier alpha value is -0.630. The van der Waals surface area contributed by atoms with Gasteiger partial charge in [-0.2, -0.15) is 0 Å². The van der Waals surface area contributed by atoms with Crippen molar-refractivity contribution in [2.45, 2.75) is 125 Å². The van der Waals surface area contributed by atoms with Gasteiger partial charge in [0.25, 0.3) is 0 Å². The summed E-state index contributed by atoms with van der Waals surface area (Å²) in [6.45, 7) is 18.6. The van der Waals surface area contributed by atoms with E-state index in [1.54, 1.807) is 0 Å². The standard InChI is InChI=1S/C30H50O2/c1-20(2)10-9-16-30(8,32)24-14-19-28(6)22-11-12-23-26(3,4)25(31)15-17-27(23,5)21(22)13-18-29(24,28)7/h10,21-24,32H,9,11-19H2,1-8H3/t21-,22?,23-,24+,27+,28+,29-,30-/m0/s1. The minimum absolute atomic E-state index is 0.160. The molecule has 4 aliphatic carbocycles. The zero-order chi connectivity index (χ0) is 23.7. The van der Waals surface area contributed by atoms with Crippen LogP contribution >= 0.6 is 0 Å². The zero-order valence-corrected chi connectivity index (χ0v) is 22.3. The third kappa shape index (κ3) is 3.32. The van der Waals surface area contributed by atoms with Gasteiger partial charge in [0, 0.05) is 11.8 Å². The number of fused-ring (bicyclic) bond motifs is 5. The Morgan fingerprint density at radius 1 is 0.969 bits per heavy atom. The molecule has 0 amide bonds. The summed E-state index contributed by atoms with van der Waals surface area (Å²) < 4.78 is 0. The van der Waals surface area contributed by atoms with Crippen molar-refractivity contribution in [3.05, 3.63) is 11.6 Å². The van der Waals surface area contributed by atoms with E-state index in [4.69, 9.17) is 0 Å². The van der Waals surface area contributed by atoms with Gasteiger partial charge < -0.3 is 5.11 Å². The summed E-state index contributed by atoms with van der Waals surface area (Å²) in [4.78, 5) is 12.8. The molecule has 4 aliphatic rings. The Kier molecular flexibility index (Phi) is 5.89. The number of carbonyl (C=O) groups excluding carboxylic acids is 1. The normalized spacial score (nSPS) is 47.1. The lowest BCUT2D eigenvalue weighted by Gasteiger charge is -2.66. The van der Waals surface area contributed by atoms with Crippen LogP contribution in [0.15, 0.2) is 11.6 Å². The van der Waals surface area contributed by atoms with Gasteiger partial charge in [-0.25, -0.2) is 0 Å². The second kappa shape index (κ2) is 7.69. The molecule has 0 aromatic rings. The van der Waals surface area contributed by atoms with Crippen LogP contribution in [0.3, 0.4) is 0 Å². The van der Waals surface area contributed by atoms with E-state index in [9.17, 15) is 9.90 Å². The lowest BCUT2D eigenvalue weighted by molar-refractivity contribution is -0.191. The minimum Gasteiger partial charge on any atom is -0.390 e. The van der Waals surface area contributed by atoms with Crippen molar-refractivity contribution in [3.63, 3.8) is 0 Å². The maximum Gasteiger partial charge on any atom is 0.138 e. The highest BCUT2D eigenvalue weighted by Crippen LogP contribution is 2.74. The van der Waals surface area contributed by atoms with Gasteiger partial charge in [-0.15, -0.1) is 0 Å². The lowest BCUT2D eigenvalue weighted by atomic mass is 9.38. The van der Waals surface area contributed by atoms with Crippen LogP contribution in [0.4, 0.5) is 0 Å².